The molecule has 1 aromatic heterocycles. The minimum Gasteiger partial charge on any atom is -0.382 e. The number of halogens is 1. The Kier molecular flexibility index (Phi) is 2.19. The zero-order chi connectivity index (χ0) is 11.0. The van der Waals surface area contributed by atoms with Crippen molar-refractivity contribution in [2.24, 2.45) is 7.05 Å². The maximum atomic E-state index is 13.6. The van der Waals surface area contributed by atoms with Crippen LogP contribution in [0.1, 0.15) is 5.56 Å². The molecule has 2 rings (SSSR count). The van der Waals surface area contributed by atoms with Gasteiger partial charge in [0.15, 0.2) is 0 Å². The van der Waals surface area contributed by atoms with Gasteiger partial charge in [0.2, 0.25) is 0 Å². The van der Waals surface area contributed by atoms with Crippen molar-refractivity contribution in [3.8, 4) is 11.3 Å². The van der Waals surface area contributed by atoms with Crippen molar-refractivity contribution >= 4 is 5.82 Å². The van der Waals surface area contributed by atoms with Crippen LogP contribution in [0.25, 0.3) is 11.3 Å². The molecule has 1 aromatic carbocycles. The van der Waals surface area contributed by atoms with Gasteiger partial charge in [-0.2, -0.15) is 5.10 Å². The van der Waals surface area contributed by atoms with Gasteiger partial charge in [-0.1, -0.05) is 12.1 Å². The molecule has 4 heteroatoms. The summed E-state index contributed by atoms with van der Waals surface area (Å²) >= 11 is 0. The summed E-state index contributed by atoms with van der Waals surface area (Å²) in [5, 5.41) is 4.06. The molecule has 0 aliphatic carbocycles. The summed E-state index contributed by atoms with van der Waals surface area (Å²) in [4.78, 5) is 0. The third kappa shape index (κ3) is 1.48. The van der Waals surface area contributed by atoms with Gasteiger partial charge in [-0.25, -0.2) is 4.39 Å². The van der Waals surface area contributed by atoms with Crippen LogP contribution in [0, 0.1) is 12.7 Å². The smallest absolute Gasteiger partial charge is 0.149 e. The first-order chi connectivity index (χ1) is 7.11. The van der Waals surface area contributed by atoms with Crippen molar-refractivity contribution in [2.75, 3.05) is 5.73 Å². The van der Waals surface area contributed by atoms with E-state index in [1.54, 1.807) is 29.9 Å². The van der Waals surface area contributed by atoms with E-state index in [0.29, 0.717) is 11.4 Å². The quantitative estimate of drug-likeness (QED) is 0.774. The normalized spacial score (nSPS) is 10.6. The molecule has 0 amide bonds. The highest BCUT2D eigenvalue weighted by molar-refractivity contribution is 5.68. The lowest BCUT2D eigenvalue weighted by Gasteiger charge is -2.04. The number of benzene rings is 1. The Morgan fingerprint density at radius 2 is 2.00 bits per heavy atom. The zero-order valence-electron chi connectivity index (χ0n) is 8.66. The first-order valence-electron chi connectivity index (χ1n) is 4.65. The highest BCUT2D eigenvalue weighted by atomic mass is 19.1. The van der Waals surface area contributed by atoms with Crippen LogP contribution in [0.4, 0.5) is 10.2 Å². The molecule has 0 atom stereocenters. The van der Waals surface area contributed by atoms with E-state index in [1.807, 2.05) is 6.92 Å². The van der Waals surface area contributed by atoms with E-state index in [4.69, 9.17) is 5.73 Å². The number of aromatic nitrogens is 2. The van der Waals surface area contributed by atoms with Crippen molar-refractivity contribution in [1.82, 2.24) is 9.78 Å². The highest BCUT2D eigenvalue weighted by Crippen LogP contribution is 2.28. The predicted molar refractivity (Wildman–Crippen MR) is 57.8 cm³/mol. The summed E-state index contributed by atoms with van der Waals surface area (Å²) in [6, 6.07) is 6.60. The molecule has 0 spiro atoms. The van der Waals surface area contributed by atoms with Crippen LogP contribution in [0.5, 0.6) is 0 Å². The Balaban J connectivity index is 2.69. The van der Waals surface area contributed by atoms with Crippen LogP contribution >= 0.6 is 0 Å². The van der Waals surface area contributed by atoms with E-state index in [-0.39, 0.29) is 5.82 Å². The molecule has 0 bridgehead atoms. The van der Waals surface area contributed by atoms with Crippen LogP contribution in [0.3, 0.4) is 0 Å². The summed E-state index contributed by atoms with van der Waals surface area (Å²) in [5.41, 5.74) is 7.74. The predicted octanol–water partition coefficient (Wildman–Crippen LogP) is 2.12. The fraction of sp³-hybridized carbons (Fsp3) is 0.182. The van der Waals surface area contributed by atoms with Crippen molar-refractivity contribution < 1.29 is 4.39 Å². The van der Waals surface area contributed by atoms with Gasteiger partial charge in [0.25, 0.3) is 0 Å². The fourth-order valence-electron chi connectivity index (χ4n) is 1.68. The van der Waals surface area contributed by atoms with Crippen LogP contribution in [0.15, 0.2) is 24.3 Å². The van der Waals surface area contributed by atoms with E-state index >= 15 is 0 Å². The number of hydrogen-bond donors (Lipinski definition) is 1. The second-order valence-corrected chi connectivity index (χ2v) is 3.46. The molecule has 0 saturated heterocycles. The second-order valence-electron chi connectivity index (χ2n) is 3.46. The van der Waals surface area contributed by atoms with E-state index in [0.717, 1.165) is 11.3 Å². The Morgan fingerprint density at radius 3 is 2.53 bits per heavy atom. The molecule has 3 nitrogen and oxygen atoms in total. The van der Waals surface area contributed by atoms with Gasteiger partial charge < -0.3 is 5.73 Å². The van der Waals surface area contributed by atoms with Crippen molar-refractivity contribution in [3.05, 3.63) is 35.6 Å². The third-order valence-electron chi connectivity index (χ3n) is 2.45. The van der Waals surface area contributed by atoms with Gasteiger partial charge in [-0.15, -0.1) is 0 Å². The summed E-state index contributed by atoms with van der Waals surface area (Å²) < 4.78 is 15.2. The van der Waals surface area contributed by atoms with Gasteiger partial charge in [0, 0.05) is 18.2 Å². The molecule has 0 saturated carbocycles. The van der Waals surface area contributed by atoms with Crippen LogP contribution < -0.4 is 5.73 Å². The molecule has 15 heavy (non-hydrogen) atoms. The first kappa shape index (κ1) is 9.71. The highest BCUT2D eigenvalue weighted by Gasteiger charge is 2.14. The van der Waals surface area contributed by atoms with E-state index in [9.17, 15) is 4.39 Å². The summed E-state index contributed by atoms with van der Waals surface area (Å²) in [7, 11) is 1.76. The van der Waals surface area contributed by atoms with Crippen molar-refractivity contribution in [2.45, 2.75) is 6.92 Å². The molecular formula is C11H12FN3. The van der Waals surface area contributed by atoms with Gasteiger partial charge in [-0.3, -0.25) is 4.68 Å². The first-order valence-corrected chi connectivity index (χ1v) is 4.65. The lowest BCUT2D eigenvalue weighted by molar-refractivity contribution is 0.628. The number of hydrogen-bond acceptors (Lipinski definition) is 2. The largest absolute Gasteiger partial charge is 0.382 e. The number of aryl methyl sites for hydroxylation is 1. The van der Waals surface area contributed by atoms with E-state index in [2.05, 4.69) is 5.10 Å². The van der Waals surface area contributed by atoms with Gasteiger partial charge in [-0.05, 0) is 19.1 Å². The molecule has 1 heterocycles. The number of nitrogens with zero attached hydrogens (tertiary/aromatic N) is 2. The Labute approximate surface area is 87.3 Å². The number of nitrogens with two attached hydrogens (primary N) is 1. The summed E-state index contributed by atoms with van der Waals surface area (Å²) in [6.07, 6.45) is 0. The zero-order valence-corrected chi connectivity index (χ0v) is 8.66. The van der Waals surface area contributed by atoms with E-state index < -0.39 is 0 Å². The van der Waals surface area contributed by atoms with Gasteiger partial charge >= 0.3 is 0 Å². The standard InChI is InChI=1S/C11H12FN3/c1-7-10(15(2)14-11(7)13)8-5-3-4-6-9(8)12/h3-6H,1-2H3,(H2,13,14). The monoisotopic (exact) mass is 205 g/mol. The summed E-state index contributed by atoms with van der Waals surface area (Å²) in [5.74, 6) is 0.180. The number of anilines is 1. The third-order valence-corrected chi connectivity index (χ3v) is 2.45. The molecule has 0 fully saturated rings. The Hall–Kier alpha value is -1.84. The van der Waals surface area contributed by atoms with E-state index in [1.165, 1.54) is 6.07 Å². The lowest BCUT2D eigenvalue weighted by atomic mass is 10.1. The van der Waals surface area contributed by atoms with Crippen molar-refractivity contribution in [3.63, 3.8) is 0 Å². The Morgan fingerprint density at radius 1 is 1.33 bits per heavy atom. The second kappa shape index (κ2) is 3.38. The molecule has 78 valence electrons. The molecule has 0 aliphatic rings. The molecule has 0 unspecified atom stereocenters. The number of rotatable bonds is 1. The summed E-state index contributed by atoms with van der Waals surface area (Å²) in [6.45, 7) is 1.84. The van der Waals surface area contributed by atoms with Crippen molar-refractivity contribution in [1.29, 1.82) is 0 Å². The number of nitrogen functional groups attached to an aromatic ring is 1. The topological polar surface area (TPSA) is 43.8 Å². The maximum Gasteiger partial charge on any atom is 0.149 e. The van der Waals surface area contributed by atoms with Gasteiger partial charge in [0.1, 0.15) is 11.6 Å². The molecular weight excluding hydrogens is 193 g/mol. The Bertz CT molecular complexity index is 503. The average Bonchev–Trinajstić information content (AvgIpc) is 2.43. The molecule has 0 radical (unpaired) electrons. The molecule has 2 aromatic rings. The van der Waals surface area contributed by atoms with Crippen LogP contribution in [0.2, 0.25) is 0 Å². The lowest BCUT2D eigenvalue weighted by Crippen LogP contribution is -1.96. The van der Waals surface area contributed by atoms with Crippen LogP contribution in [-0.2, 0) is 7.05 Å². The molecule has 0 aliphatic heterocycles. The fourth-order valence-corrected chi connectivity index (χ4v) is 1.68. The minimum absolute atomic E-state index is 0.261. The molecule has 2 N–H and O–H groups in total. The average molecular weight is 205 g/mol. The van der Waals surface area contributed by atoms with Gasteiger partial charge in [0.05, 0.1) is 5.69 Å². The van der Waals surface area contributed by atoms with Crippen LogP contribution in [-0.4, -0.2) is 9.78 Å². The SMILES string of the molecule is Cc1c(N)nn(C)c1-c1ccccc1F. The minimum atomic E-state index is -0.261. The maximum absolute atomic E-state index is 13.6.